The minimum absolute atomic E-state index is 0.0698. The van der Waals surface area contributed by atoms with E-state index in [0.717, 1.165) is 5.56 Å². The molecule has 1 aromatic rings. The van der Waals surface area contributed by atoms with Gasteiger partial charge in [0.15, 0.2) is 0 Å². The second-order valence-electron chi connectivity index (χ2n) is 5.75. The predicted octanol–water partition coefficient (Wildman–Crippen LogP) is 3.36. The third-order valence-electron chi connectivity index (χ3n) is 3.32. The van der Waals surface area contributed by atoms with E-state index in [1.54, 1.807) is 14.2 Å². The normalized spacial score (nSPS) is 12.9. The number of halogens is 1. The van der Waals surface area contributed by atoms with E-state index >= 15 is 0 Å². The molecule has 118 valence electrons. The first kappa shape index (κ1) is 17.8. The monoisotopic (exact) mass is 359 g/mol. The number of hydrogen-bond donors (Lipinski definition) is 2. The molecule has 0 saturated heterocycles. The van der Waals surface area contributed by atoms with Gasteiger partial charge in [0, 0.05) is 11.6 Å². The molecule has 0 saturated carbocycles. The van der Waals surface area contributed by atoms with Crippen LogP contribution in [0.15, 0.2) is 16.6 Å². The lowest BCUT2D eigenvalue weighted by Crippen LogP contribution is -2.24. The van der Waals surface area contributed by atoms with Crippen molar-refractivity contribution in [3.05, 3.63) is 22.2 Å². The van der Waals surface area contributed by atoms with Crippen LogP contribution in [0.5, 0.6) is 11.5 Å². The number of carboxylic acids is 1. The van der Waals surface area contributed by atoms with Crippen LogP contribution in [0.25, 0.3) is 0 Å². The number of rotatable bonds is 7. The molecule has 0 bridgehead atoms. The zero-order chi connectivity index (χ0) is 16.2. The summed E-state index contributed by atoms with van der Waals surface area (Å²) in [5, 5.41) is 8.96. The Morgan fingerprint density at radius 2 is 2.00 bits per heavy atom. The molecule has 3 N–H and O–H groups in total. The summed E-state index contributed by atoms with van der Waals surface area (Å²) in [7, 11) is 3.15. The Balaban J connectivity index is 3.05. The molecule has 0 aromatic heterocycles. The minimum Gasteiger partial charge on any atom is -0.495 e. The van der Waals surface area contributed by atoms with E-state index in [0.29, 0.717) is 22.4 Å². The molecule has 0 amide bonds. The third-order valence-corrected chi connectivity index (χ3v) is 4.07. The molecule has 1 aromatic carbocycles. The highest BCUT2D eigenvalue weighted by Crippen LogP contribution is 2.42. The van der Waals surface area contributed by atoms with Gasteiger partial charge in [0.05, 0.1) is 20.6 Å². The van der Waals surface area contributed by atoms with Gasteiger partial charge >= 0.3 is 5.97 Å². The number of benzene rings is 1. The van der Waals surface area contributed by atoms with Crippen LogP contribution in [-0.2, 0) is 4.79 Å². The zero-order valence-corrected chi connectivity index (χ0v) is 14.4. The van der Waals surface area contributed by atoms with Crippen molar-refractivity contribution in [2.75, 3.05) is 14.2 Å². The highest BCUT2D eigenvalue weighted by molar-refractivity contribution is 9.10. The summed E-state index contributed by atoms with van der Waals surface area (Å²) in [4.78, 5) is 10.9. The largest absolute Gasteiger partial charge is 0.495 e. The molecule has 0 aliphatic carbocycles. The van der Waals surface area contributed by atoms with Crippen molar-refractivity contribution in [2.45, 2.75) is 32.7 Å². The number of carboxylic acid groups (broad SMARTS) is 1. The SMILES string of the molecule is COc1ccc(C(N)CC(C)(C)CC(=O)O)c(OC)c1Br. The smallest absolute Gasteiger partial charge is 0.303 e. The van der Waals surface area contributed by atoms with Gasteiger partial charge in [-0.15, -0.1) is 0 Å². The highest BCUT2D eigenvalue weighted by Gasteiger charge is 2.27. The molecule has 0 aliphatic heterocycles. The Labute approximate surface area is 133 Å². The lowest BCUT2D eigenvalue weighted by Gasteiger charge is -2.27. The second kappa shape index (κ2) is 7.13. The van der Waals surface area contributed by atoms with E-state index in [1.165, 1.54) is 0 Å². The average molecular weight is 360 g/mol. The predicted molar refractivity (Wildman–Crippen MR) is 84.8 cm³/mol. The fourth-order valence-corrected chi connectivity index (χ4v) is 3.08. The standard InChI is InChI=1S/C15H22BrNO4/c1-15(2,8-12(18)19)7-10(17)9-5-6-11(20-3)13(16)14(9)21-4/h5-6,10H,7-8,17H2,1-4H3,(H,18,19). The van der Waals surface area contributed by atoms with Gasteiger partial charge in [-0.3, -0.25) is 4.79 Å². The van der Waals surface area contributed by atoms with Crippen LogP contribution in [-0.4, -0.2) is 25.3 Å². The average Bonchev–Trinajstić information content (AvgIpc) is 2.35. The first-order valence-electron chi connectivity index (χ1n) is 6.59. The zero-order valence-electron chi connectivity index (χ0n) is 12.8. The summed E-state index contributed by atoms with van der Waals surface area (Å²) >= 11 is 3.44. The van der Waals surface area contributed by atoms with Gasteiger partial charge in [0.1, 0.15) is 16.0 Å². The maximum absolute atomic E-state index is 10.9. The van der Waals surface area contributed by atoms with E-state index in [9.17, 15) is 4.79 Å². The van der Waals surface area contributed by atoms with Crippen molar-refractivity contribution >= 4 is 21.9 Å². The molecule has 1 unspecified atom stereocenters. The molecule has 1 rings (SSSR count). The van der Waals surface area contributed by atoms with Crippen LogP contribution in [0.2, 0.25) is 0 Å². The Kier molecular flexibility index (Phi) is 6.04. The first-order chi connectivity index (χ1) is 9.71. The lowest BCUT2D eigenvalue weighted by molar-refractivity contribution is -0.139. The summed E-state index contributed by atoms with van der Waals surface area (Å²) < 4.78 is 11.3. The van der Waals surface area contributed by atoms with E-state index < -0.39 is 11.4 Å². The van der Waals surface area contributed by atoms with E-state index in [2.05, 4.69) is 15.9 Å². The fraction of sp³-hybridized carbons (Fsp3) is 0.533. The van der Waals surface area contributed by atoms with Gasteiger partial charge in [-0.25, -0.2) is 0 Å². The van der Waals surface area contributed by atoms with Crippen LogP contribution in [0.3, 0.4) is 0 Å². The fourth-order valence-electron chi connectivity index (χ4n) is 2.40. The Morgan fingerprint density at radius 3 is 2.48 bits per heavy atom. The van der Waals surface area contributed by atoms with Crippen LogP contribution in [0.4, 0.5) is 0 Å². The van der Waals surface area contributed by atoms with Crippen molar-refractivity contribution < 1.29 is 19.4 Å². The van der Waals surface area contributed by atoms with Crippen LogP contribution < -0.4 is 15.2 Å². The Hall–Kier alpha value is -1.27. The molecule has 21 heavy (non-hydrogen) atoms. The van der Waals surface area contributed by atoms with E-state index in [-0.39, 0.29) is 12.5 Å². The van der Waals surface area contributed by atoms with E-state index in [4.69, 9.17) is 20.3 Å². The Bertz CT molecular complexity index is 517. The number of aliphatic carboxylic acids is 1. The van der Waals surface area contributed by atoms with Crippen molar-refractivity contribution in [1.82, 2.24) is 0 Å². The second-order valence-corrected chi connectivity index (χ2v) is 6.54. The van der Waals surface area contributed by atoms with Crippen LogP contribution >= 0.6 is 15.9 Å². The molecule has 0 aliphatic rings. The lowest BCUT2D eigenvalue weighted by atomic mass is 9.81. The molecule has 0 heterocycles. The number of methoxy groups -OCH3 is 2. The summed E-state index contributed by atoms with van der Waals surface area (Å²) in [6.45, 7) is 3.79. The summed E-state index contributed by atoms with van der Waals surface area (Å²) in [6.07, 6.45) is 0.606. The van der Waals surface area contributed by atoms with Crippen LogP contribution in [0.1, 0.15) is 38.3 Å². The first-order valence-corrected chi connectivity index (χ1v) is 7.39. The van der Waals surface area contributed by atoms with Gasteiger partial charge in [-0.05, 0) is 39.9 Å². The number of hydrogen-bond acceptors (Lipinski definition) is 4. The van der Waals surface area contributed by atoms with Gasteiger partial charge in [-0.2, -0.15) is 0 Å². The third kappa shape index (κ3) is 4.61. The molecule has 1 atom stereocenters. The molecule has 0 fully saturated rings. The van der Waals surface area contributed by atoms with Crippen LogP contribution in [0, 0.1) is 5.41 Å². The number of ether oxygens (including phenoxy) is 2. The van der Waals surface area contributed by atoms with Crippen molar-refractivity contribution in [3.63, 3.8) is 0 Å². The summed E-state index contributed by atoms with van der Waals surface area (Å²) in [5.74, 6) is 0.454. The summed E-state index contributed by atoms with van der Waals surface area (Å²) in [5.41, 5.74) is 6.68. The number of nitrogens with two attached hydrogens (primary N) is 1. The maximum Gasteiger partial charge on any atom is 0.303 e. The van der Waals surface area contributed by atoms with Crippen molar-refractivity contribution in [2.24, 2.45) is 11.1 Å². The molecule has 0 spiro atoms. The molecule has 0 radical (unpaired) electrons. The quantitative estimate of drug-likeness (QED) is 0.779. The number of carbonyl (C=O) groups is 1. The molecular formula is C15H22BrNO4. The van der Waals surface area contributed by atoms with Gasteiger partial charge < -0.3 is 20.3 Å². The molecule has 6 heteroatoms. The van der Waals surface area contributed by atoms with Gasteiger partial charge in [0.25, 0.3) is 0 Å². The maximum atomic E-state index is 10.9. The Morgan fingerprint density at radius 1 is 1.38 bits per heavy atom. The molecular weight excluding hydrogens is 338 g/mol. The van der Waals surface area contributed by atoms with Crippen molar-refractivity contribution in [1.29, 1.82) is 0 Å². The van der Waals surface area contributed by atoms with E-state index in [1.807, 2.05) is 26.0 Å². The topological polar surface area (TPSA) is 81.8 Å². The summed E-state index contributed by atoms with van der Waals surface area (Å²) in [6, 6.07) is 3.34. The van der Waals surface area contributed by atoms with Crippen molar-refractivity contribution in [3.8, 4) is 11.5 Å². The molecule has 5 nitrogen and oxygen atoms in total. The minimum atomic E-state index is -0.824. The van der Waals surface area contributed by atoms with Gasteiger partial charge in [-0.1, -0.05) is 13.8 Å². The highest BCUT2D eigenvalue weighted by atomic mass is 79.9. The van der Waals surface area contributed by atoms with Gasteiger partial charge in [0.2, 0.25) is 0 Å².